The molecule has 0 saturated heterocycles. The Balaban J connectivity index is 0.000000568. The van der Waals surface area contributed by atoms with Gasteiger partial charge in [0.1, 0.15) is 5.82 Å². The molecule has 3 aromatic rings. The van der Waals surface area contributed by atoms with Gasteiger partial charge in [-0.25, -0.2) is 4.98 Å². The molecule has 0 bridgehead atoms. The number of benzene rings is 1. The average molecular weight is 522 g/mol. The number of ether oxygens (including phenoxy) is 2. The number of aromatic nitrogens is 3. The lowest BCUT2D eigenvalue weighted by molar-refractivity contribution is -0.156. The van der Waals surface area contributed by atoms with E-state index in [-0.39, 0.29) is 19.1 Å². The summed E-state index contributed by atoms with van der Waals surface area (Å²) in [6.45, 7) is 0.171. The first-order valence-electron chi connectivity index (χ1n) is 11.3. The van der Waals surface area contributed by atoms with Crippen LogP contribution in [-0.4, -0.2) is 52.5 Å². The molecule has 0 radical (unpaired) electrons. The third-order valence-electron chi connectivity index (χ3n) is 5.25. The highest BCUT2D eigenvalue weighted by molar-refractivity contribution is 5.68. The lowest BCUT2D eigenvalue weighted by Gasteiger charge is -2.13. The Morgan fingerprint density at radius 2 is 1.92 bits per heavy atom. The second kappa shape index (κ2) is 12.7. The highest BCUT2D eigenvalue weighted by Gasteiger charge is 2.25. The topological polar surface area (TPSA) is 137 Å². The van der Waals surface area contributed by atoms with Gasteiger partial charge in [-0.3, -0.25) is 9.59 Å². The van der Waals surface area contributed by atoms with Crippen molar-refractivity contribution in [2.24, 2.45) is 0 Å². The number of aldehydes is 1. The number of carboxylic acids is 1. The molecule has 1 aliphatic rings. The standard InChI is InChI=1S/C22H24N4O5.C2HF3O/c1-23-19-6-2-4-16(24-19)5-3-7-20-25-21(31-26-20)11-15(12-22(27)28)14-8-9-17-18(10-14)30-13-29-17;3-2(4,5)1-6/h2,4,6,8-10,15H,3,5,7,11-13H2,1H3,(H,23,24)(H,27,28);1H. The first-order valence-corrected chi connectivity index (χ1v) is 11.3. The van der Waals surface area contributed by atoms with E-state index in [9.17, 15) is 23.1 Å². The molecule has 3 heterocycles. The van der Waals surface area contributed by atoms with E-state index in [1.165, 1.54) is 0 Å². The summed E-state index contributed by atoms with van der Waals surface area (Å²) in [7, 11) is 1.84. The summed E-state index contributed by atoms with van der Waals surface area (Å²) in [6.07, 6.45) is -3.12. The largest absolute Gasteiger partial charge is 0.481 e. The minimum atomic E-state index is -4.64. The van der Waals surface area contributed by atoms with Crippen LogP contribution < -0.4 is 14.8 Å². The van der Waals surface area contributed by atoms with Crippen LogP contribution in [0.3, 0.4) is 0 Å². The van der Waals surface area contributed by atoms with Crippen LogP contribution in [0.4, 0.5) is 19.0 Å². The second-order valence-electron chi connectivity index (χ2n) is 7.99. The summed E-state index contributed by atoms with van der Waals surface area (Å²) >= 11 is 0. The van der Waals surface area contributed by atoms with Crippen molar-refractivity contribution in [3.8, 4) is 11.5 Å². The normalized spacial score (nSPS) is 12.9. The Labute approximate surface area is 209 Å². The molecule has 1 unspecified atom stereocenters. The third-order valence-corrected chi connectivity index (χ3v) is 5.25. The molecule has 1 aliphatic heterocycles. The summed E-state index contributed by atoms with van der Waals surface area (Å²) in [6, 6.07) is 11.3. The fourth-order valence-corrected chi connectivity index (χ4v) is 3.56. The van der Waals surface area contributed by atoms with Gasteiger partial charge in [-0.05, 0) is 42.7 Å². The maximum atomic E-state index is 11.4. The molecular weight excluding hydrogens is 497 g/mol. The number of nitrogens with one attached hydrogen (secondary N) is 1. The predicted octanol–water partition coefficient (Wildman–Crippen LogP) is 3.96. The Morgan fingerprint density at radius 1 is 1.16 bits per heavy atom. The van der Waals surface area contributed by atoms with Crippen molar-refractivity contribution >= 4 is 18.1 Å². The van der Waals surface area contributed by atoms with E-state index < -0.39 is 18.4 Å². The monoisotopic (exact) mass is 522 g/mol. The summed E-state index contributed by atoms with van der Waals surface area (Å²) in [5, 5.41) is 16.4. The molecule has 198 valence electrons. The lowest BCUT2D eigenvalue weighted by atomic mass is 9.92. The van der Waals surface area contributed by atoms with Crippen LogP contribution in [0.1, 0.15) is 41.7 Å². The zero-order chi connectivity index (χ0) is 26.8. The molecule has 0 spiro atoms. The molecule has 1 aromatic carbocycles. The number of pyridine rings is 1. The number of aliphatic carboxylic acids is 1. The Kier molecular flexibility index (Phi) is 9.41. The van der Waals surface area contributed by atoms with Gasteiger partial charge in [0, 0.05) is 31.5 Å². The maximum Gasteiger partial charge on any atom is 0.446 e. The van der Waals surface area contributed by atoms with E-state index in [0.29, 0.717) is 36.1 Å². The molecular formula is C24H25F3N4O6. The molecule has 0 fully saturated rings. The van der Waals surface area contributed by atoms with Gasteiger partial charge in [-0.1, -0.05) is 17.3 Å². The minimum Gasteiger partial charge on any atom is -0.481 e. The number of fused-ring (bicyclic) bond motifs is 1. The molecule has 0 saturated carbocycles. The fraction of sp³-hybridized carbons (Fsp3) is 0.375. The van der Waals surface area contributed by atoms with Crippen molar-refractivity contribution in [1.29, 1.82) is 0 Å². The number of anilines is 1. The molecule has 4 rings (SSSR count). The summed E-state index contributed by atoms with van der Waals surface area (Å²) in [5.41, 5.74) is 1.83. The Hall–Kier alpha value is -4.16. The number of aryl methyl sites for hydroxylation is 2. The number of hydrogen-bond donors (Lipinski definition) is 2. The number of alkyl halides is 3. The Morgan fingerprint density at radius 3 is 2.62 bits per heavy atom. The maximum absolute atomic E-state index is 11.4. The molecule has 10 nitrogen and oxygen atoms in total. The SMILES string of the molecule is CNc1cccc(CCCc2noc(CC(CC(=O)O)c3ccc4c(c3)OCO4)n2)n1.O=CC(F)(F)F. The van der Waals surface area contributed by atoms with Gasteiger partial charge in [0.25, 0.3) is 0 Å². The van der Waals surface area contributed by atoms with Gasteiger partial charge in [0.2, 0.25) is 19.0 Å². The van der Waals surface area contributed by atoms with Crippen LogP contribution >= 0.6 is 0 Å². The highest BCUT2D eigenvalue weighted by atomic mass is 19.4. The van der Waals surface area contributed by atoms with Crippen LogP contribution in [0, 0.1) is 0 Å². The zero-order valence-electron chi connectivity index (χ0n) is 19.8. The lowest BCUT2D eigenvalue weighted by Crippen LogP contribution is -2.09. The predicted molar refractivity (Wildman–Crippen MR) is 123 cm³/mol. The fourth-order valence-electron chi connectivity index (χ4n) is 3.56. The molecule has 2 N–H and O–H groups in total. The van der Waals surface area contributed by atoms with Crippen LogP contribution in [-0.2, 0) is 28.9 Å². The molecule has 0 aliphatic carbocycles. The van der Waals surface area contributed by atoms with Crippen LogP contribution in [0.25, 0.3) is 0 Å². The van der Waals surface area contributed by atoms with E-state index in [4.69, 9.17) is 18.8 Å². The van der Waals surface area contributed by atoms with Crippen molar-refractivity contribution in [1.82, 2.24) is 15.1 Å². The Bertz CT molecular complexity index is 1200. The molecule has 1 atom stereocenters. The van der Waals surface area contributed by atoms with Gasteiger partial charge in [-0.2, -0.15) is 18.2 Å². The highest BCUT2D eigenvalue weighted by Crippen LogP contribution is 2.36. The van der Waals surface area contributed by atoms with Gasteiger partial charge in [0.15, 0.2) is 17.3 Å². The van der Waals surface area contributed by atoms with Crippen molar-refractivity contribution < 1.29 is 41.9 Å². The third kappa shape index (κ3) is 8.78. The first-order chi connectivity index (χ1) is 17.7. The summed E-state index contributed by atoms with van der Waals surface area (Å²) in [5.74, 6) is 1.95. The average Bonchev–Trinajstić information content (AvgIpc) is 3.52. The van der Waals surface area contributed by atoms with Crippen LogP contribution in [0.2, 0.25) is 0 Å². The van der Waals surface area contributed by atoms with Crippen LogP contribution in [0.5, 0.6) is 11.5 Å². The molecule has 2 aromatic heterocycles. The quantitative estimate of drug-likeness (QED) is 0.377. The first kappa shape index (κ1) is 27.4. The second-order valence-corrected chi connectivity index (χ2v) is 7.99. The van der Waals surface area contributed by atoms with Gasteiger partial charge in [0.05, 0.1) is 6.42 Å². The zero-order valence-corrected chi connectivity index (χ0v) is 19.8. The summed E-state index contributed by atoms with van der Waals surface area (Å²) in [4.78, 5) is 29.1. The smallest absolute Gasteiger partial charge is 0.446 e. The van der Waals surface area contributed by atoms with Gasteiger partial charge < -0.3 is 24.4 Å². The van der Waals surface area contributed by atoms with Crippen LogP contribution in [0.15, 0.2) is 40.9 Å². The number of carbonyl (C=O) groups excluding carboxylic acids is 1. The van der Waals surface area contributed by atoms with E-state index in [1.807, 2.05) is 37.4 Å². The number of carbonyl (C=O) groups is 2. The van der Waals surface area contributed by atoms with E-state index in [1.54, 1.807) is 6.07 Å². The number of halogens is 3. The number of nitrogens with zero attached hydrogens (tertiary/aromatic N) is 3. The van der Waals surface area contributed by atoms with Crippen molar-refractivity contribution in [2.75, 3.05) is 19.2 Å². The van der Waals surface area contributed by atoms with Crippen molar-refractivity contribution in [3.05, 3.63) is 59.4 Å². The molecule has 0 amide bonds. The van der Waals surface area contributed by atoms with E-state index in [0.717, 1.165) is 29.9 Å². The van der Waals surface area contributed by atoms with Gasteiger partial charge in [-0.15, -0.1) is 0 Å². The van der Waals surface area contributed by atoms with E-state index in [2.05, 4.69) is 20.4 Å². The summed E-state index contributed by atoms with van der Waals surface area (Å²) < 4.78 is 47.4. The molecule has 37 heavy (non-hydrogen) atoms. The van der Waals surface area contributed by atoms with Crippen molar-refractivity contribution in [3.63, 3.8) is 0 Å². The minimum absolute atomic E-state index is 0.0508. The number of hydrogen-bond acceptors (Lipinski definition) is 9. The van der Waals surface area contributed by atoms with E-state index >= 15 is 0 Å². The number of rotatable bonds is 10. The number of carboxylic acid groups (broad SMARTS) is 1. The van der Waals surface area contributed by atoms with Gasteiger partial charge >= 0.3 is 12.1 Å². The molecule has 13 heteroatoms. The van der Waals surface area contributed by atoms with Crippen molar-refractivity contribution in [2.45, 2.75) is 44.2 Å².